The maximum absolute atomic E-state index is 4.61. The third-order valence-corrected chi connectivity index (χ3v) is 0. The Morgan fingerprint density at radius 2 is 1.50 bits per heavy atom. The van der Waals surface area contributed by atoms with Crippen LogP contribution in [-0.4, -0.2) is 0 Å². The van der Waals surface area contributed by atoms with E-state index in [9.17, 15) is 0 Å². The maximum Gasteiger partial charge on any atom is 2.00 e. The Morgan fingerprint density at radius 3 is 1.50 bits per heavy atom. The Balaban J connectivity index is -0.00000000667. The minimum atomic E-state index is 0. The van der Waals surface area contributed by atoms with Crippen LogP contribution in [0.2, 0.25) is 0 Å². The van der Waals surface area contributed by atoms with Gasteiger partial charge in [-0.15, -0.1) is 0 Å². The second kappa shape index (κ2) is 32.4. The summed E-state index contributed by atoms with van der Waals surface area (Å²) in [4.78, 5) is 0. The van der Waals surface area contributed by atoms with Gasteiger partial charge in [0.25, 0.3) is 0 Å². The van der Waals surface area contributed by atoms with Gasteiger partial charge in [-0.25, -0.2) is 0 Å². The molecule has 0 saturated carbocycles. The molecular formula is C4H7WY-. The van der Waals surface area contributed by atoms with Crippen molar-refractivity contribution in [1.29, 1.82) is 0 Å². The molecule has 0 saturated heterocycles. The fourth-order valence-corrected chi connectivity index (χ4v) is 0. The van der Waals surface area contributed by atoms with Crippen LogP contribution in [0.1, 0.15) is 0 Å². The average molecular weight is 328 g/mol. The Kier molecular flexibility index (Phi) is 141. The van der Waals surface area contributed by atoms with Gasteiger partial charge in [-0.2, -0.15) is 0 Å². The summed E-state index contributed by atoms with van der Waals surface area (Å²) in [7, 11) is 0. The van der Waals surface area contributed by atoms with E-state index in [1.807, 2.05) is 0 Å². The smallest absolute Gasteiger partial charge is 0.549 e. The normalized spacial score (nSPS) is 2.00. The summed E-state index contributed by atoms with van der Waals surface area (Å²) in [6, 6.07) is 0. The molecular weight excluding hydrogens is 321 g/mol. The fraction of sp³-hybridized carbons (Fsp3) is 0. The van der Waals surface area contributed by atoms with E-state index in [1.165, 1.54) is 6.08 Å². The van der Waals surface area contributed by atoms with Crippen LogP contribution in [0.25, 0.3) is 0 Å². The molecule has 0 rings (SSSR count). The summed E-state index contributed by atoms with van der Waals surface area (Å²) in [6.45, 7) is 7.75. The standard InChI is InChI=1S/C3H4.CH3.W.Y/c1-3-2;;;/h1,3H,2H2;1H3;;/q-2;-1;+2;. The first kappa shape index (κ1) is 26.2. The van der Waals surface area contributed by atoms with E-state index in [1.54, 1.807) is 0 Å². The molecule has 33 valence electrons. The van der Waals surface area contributed by atoms with Crippen LogP contribution < -0.4 is 0 Å². The number of allylic oxidation sites excluding steroid dienone is 1. The van der Waals surface area contributed by atoms with Gasteiger partial charge in [0.1, 0.15) is 0 Å². The van der Waals surface area contributed by atoms with Gasteiger partial charge in [-0.1, -0.05) is 0 Å². The van der Waals surface area contributed by atoms with Crippen LogP contribution in [0.15, 0.2) is 6.08 Å². The van der Waals surface area contributed by atoms with Crippen molar-refractivity contribution < 1.29 is 53.8 Å². The van der Waals surface area contributed by atoms with Gasteiger partial charge < -0.3 is 27.0 Å². The molecule has 0 unspecified atom stereocenters. The summed E-state index contributed by atoms with van der Waals surface area (Å²) < 4.78 is 0. The monoisotopic (exact) mass is 328 g/mol. The molecule has 0 N–H and O–H groups in total. The van der Waals surface area contributed by atoms with Gasteiger partial charge in [-0.3, -0.25) is 0 Å². The van der Waals surface area contributed by atoms with Crippen molar-refractivity contribution in [2.24, 2.45) is 0 Å². The molecule has 6 heavy (non-hydrogen) atoms. The van der Waals surface area contributed by atoms with Crippen LogP contribution in [0, 0.1) is 20.9 Å². The molecule has 2 heteroatoms. The van der Waals surface area contributed by atoms with Crippen molar-refractivity contribution in [2.45, 2.75) is 0 Å². The minimum Gasteiger partial charge on any atom is -0.549 e. The third-order valence-electron chi connectivity index (χ3n) is 0. The largest absolute Gasteiger partial charge is 2.00 e. The van der Waals surface area contributed by atoms with Crippen molar-refractivity contribution >= 4 is 0 Å². The maximum atomic E-state index is 4.61. The topological polar surface area (TPSA) is 0 Å². The summed E-state index contributed by atoms with van der Waals surface area (Å²) in [5, 5.41) is 0. The molecule has 0 aromatic carbocycles. The van der Waals surface area contributed by atoms with Crippen molar-refractivity contribution in [3.8, 4) is 0 Å². The first-order valence-electron chi connectivity index (χ1n) is 0.742. The van der Waals surface area contributed by atoms with Crippen LogP contribution in [0.5, 0.6) is 0 Å². The van der Waals surface area contributed by atoms with Crippen molar-refractivity contribution in [1.82, 2.24) is 0 Å². The average Bonchev–Trinajstić information content (AvgIpc) is 0.918. The van der Waals surface area contributed by atoms with Gasteiger partial charge in [-0.05, 0) is 0 Å². The van der Waals surface area contributed by atoms with Crippen LogP contribution in [0.4, 0.5) is 0 Å². The summed E-state index contributed by atoms with van der Waals surface area (Å²) in [5.41, 5.74) is 0. The molecule has 0 heterocycles. The van der Waals surface area contributed by atoms with Crippen molar-refractivity contribution in [2.75, 3.05) is 0 Å². The van der Waals surface area contributed by atoms with E-state index < -0.39 is 0 Å². The van der Waals surface area contributed by atoms with Crippen LogP contribution >= 0.6 is 0 Å². The zero-order chi connectivity index (χ0) is 2.71. The third kappa shape index (κ3) is 53.2. The molecule has 0 fully saturated rings. The van der Waals surface area contributed by atoms with Crippen molar-refractivity contribution in [3.63, 3.8) is 0 Å². The second-order valence-electron chi connectivity index (χ2n) is 0.236. The molecule has 0 nitrogen and oxygen atoms in total. The zero-order valence-corrected chi connectivity index (χ0v) is 9.62. The molecule has 0 amide bonds. The Morgan fingerprint density at radius 1 is 1.50 bits per heavy atom. The quantitative estimate of drug-likeness (QED) is 0.588. The van der Waals surface area contributed by atoms with Crippen LogP contribution in [-0.2, 0) is 53.8 Å². The number of hydrogen-bond donors (Lipinski definition) is 0. The minimum absolute atomic E-state index is 0. The molecule has 0 aliphatic heterocycles. The molecule has 0 spiro atoms. The Hall–Kier alpha value is 1.40. The summed E-state index contributed by atoms with van der Waals surface area (Å²) in [6.07, 6.45) is 1.25. The van der Waals surface area contributed by atoms with E-state index in [0.29, 0.717) is 0 Å². The van der Waals surface area contributed by atoms with Gasteiger partial charge in [0.2, 0.25) is 0 Å². The van der Waals surface area contributed by atoms with Gasteiger partial charge >= 0.3 is 21.1 Å². The Bertz CT molecular complexity index is 15.0. The molecule has 0 aromatic rings. The molecule has 1 radical (unpaired) electrons. The molecule has 0 aliphatic rings. The molecule has 0 bridgehead atoms. The predicted molar refractivity (Wildman–Crippen MR) is 20.6 cm³/mol. The van der Waals surface area contributed by atoms with Crippen LogP contribution in [0.3, 0.4) is 0 Å². The first-order valence-corrected chi connectivity index (χ1v) is 0.742. The van der Waals surface area contributed by atoms with E-state index >= 15 is 0 Å². The summed E-state index contributed by atoms with van der Waals surface area (Å²) >= 11 is 0. The molecule has 0 aliphatic carbocycles. The number of hydrogen-bond acceptors (Lipinski definition) is 0. The van der Waals surface area contributed by atoms with E-state index in [4.69, 9.17) is 0 Å². The van der Waals surface area contributed by atoms with Gasteiger partial charge in [0, 0.05) is 32.7 Å². The predicted octanol–water partition coefficient (Wildman–Crippen LogP) is 1.25. The van der Waals surface area contributed by atoms with E-state index in [2.05, 4.69) is 13.5 Å². The number of rotatable bonds is 0. The SMILES string of the molecule is [CH-]=C[CH2-].[CH3-].[W+2].[Y]. The zero-order valence-electron chi connectivity index (χ0n) is 3.85. The second-order valence-corrected chi connectivity index (χ2v) is 0.236. The fourth-order valence-electron chi connectivity index (χ4n) is 0. The molecule has 0 atom stereocenters. The van der Waals surface area contributed by atoms with Gasteiger partial charge in [0.05, 0.1) is 0 Å². The van der Waals surface area contributed by atoms with E-state index in [-0.39, 0.29) is 61.2 Å². The first-order chi connectivity index (χ1) is 1.41. The Labute approximate surface area is 79.9 Å². The van der Waals surface area contributed by atoms with Crippen molar-refractivity contribution in [3.05, 3.63) is 27.0 Å². The van der Waals surface area contributed by atoms with Gasteiger partial charge in [0.15, 0.2) is 0 Å². The molecule has 0 aromatic heterocycles. The summed E-state index contributed by atoms with van der Waals surface area (Å²) in [5.74, 6) is 0. The van der Waals surface area contributed by atoms with E-state index in [0.717, 1.165) is 0 Å².